The zero-order valence-corrected chi connectivity index (χ0v) is 37.9. The van der Waals surface area contributed by atoms with Gasteiger partial charge in [-0.1, -0.05) is 71.7 Å². The second kappa shape index (κ2) is 27.6. The van der Waals surface area contributed by atoms with Crippen LogP contribution in [-0.4, -0.2) is 148 Å². The van der Waals surface area contributed by atoms with E-state index in [1.54, 1.807) is 30.3 Å². The maximum atomic E-state index is 14.2. The smallest absolute Gasteiger partial charge is 0.305 e. The first-order chi connectivity index (χ1) is 30.5. The molecule has 2 fully saturated rings. The minimum absolute atomic E-state index is 0.0382. The van der Waals surface area contributed by atoms with E-state index in [0.717, 1.165) is 33.3 Å². The summed E-state index contributed by atoms with van der Waals surface area (Å²) in [6, 6.07) is -0.803. The van der Waals surface area contributed by atoms with E-state index < -0.39 is 114 Å². The summed E-state index contributed by atoms with van der Waals surface area (Å²) in [7, 11) is 1.96. The van der Waals surface area contributed by atoms with Gasteiger partial charge in [-0.3, -0.25) is 53.4 Å². The highest BCUT2D eigenvalue weighted by Crippen LogP contribution is 2.24. The van der Waals surface area contributed by atoms with Crippen molar-refractivity contribution in [3.63, 3.8) is 0 Å². The lowest BCUT2D eigenvalue weighted by molar-refractivity contribution is -0.141. The molecule has 0 saturated carbocycles. The van der Waals surface area contributed by atoms with Gasteiger partial charge in [-0.2, -0.15) is 0 Å². The van der Waals surface area contributed by atoms with E-state index in [4.69, 9.17) is 11.1 Å². The number of fused-ring (bicyclic) bond motifs is 5. The molecule has 64 heavy (non-hydrogen) atoms. The molecule has 1 aromatic carbocycles. The lowest BCUT2D eigenvalue weighted by Gasteiger charge is -2.27. The Bertz CT molecular complexity index is 1860. The van der Waals surface area contributed by atoms with Crippen molar-refractivity contribution in [1.82, 2.24) is 47.9 Å². The zero-order chi connectivity index (χ0) is 47.2. The Morgan fingerprint density at radius 3 is 1.88 bits per heavy atom. The van der Waals surface area contributed by atoms with E-state index in [1.807, 2.05) is 6.92 Å². The van der Waals surface area contributed by atoms with Crippen LogP contribution in [0, 0.1) is 5.41 Å². The molecular formula is C39H57N11O11S3. The molecule has 13 N–H and O–H groups in total. The number of hydrogen-bond acceptors (Lipinski definition) is 14. The summed E-state index contributed by atoms with van der Waals surface area (Å²) < 4.78 is 0. The highest BCUT2D eigenvalue weighted by atomic mass is 33.1. The van der Waals surface area contributed by atoms with Crippen LogP contribution in [-0.2, 0) is 54.4 Å². The number of ketones is 1. The predicted octanol–water partition coefficient (Wildman–Crippen LogP) is -2.60. The minimum Gasteiger partial charge on any atom is -0.481 e. The molecule has 1 aromatic rings. The van der Waals surface area contributed by atoms with Crippen molar-refractivity contribution < 1.29 is 53.1 Å². The number of unbranched alkanes of at least 4 members (excludes halogenated alkanes) is 1. The Morgan fingerprint density at radius 2 is 1.28 bits per heavy atom. The summed E-state index contributed by atoms with van der Waals surface area (Å²) in [6.07, 6.45) is 0.541. The van der Waals surface area contributed by atoms with Crippen molar-refractivity contribution in [1.29, 1.82) is 5.41 Å². The van der Waals surface area contributed by atoms with Crippen LogP contribution in [0.4, 0.5) is 0 Å². The number of carbonyl (C=O) groups is 10. The van der Waals surface area contributed by atoms with Crippen molar-refractivity contribution in [2.75, 3.05) is 36.1 Å². The van der Waals surface area contributed by atoms with Crippen LogP contribution in [0.15, 0.2) is 30.3 Å². The number of rotatable bonds is 12. The fourth-order valence-corrected chi connectivity index (χ4v) is 9.45. The summed E-state index contributed by atoms with van der Waals surface area (Å²) in [5.41, 5.74) is 6.00. The number of carboxylic acids is 1. The van der Waals surface area contributed by atoms with Gasteiger partial charge < -0.3 is 58.7 Å². The van der Waals surface area contributed by atoms with Crippen molar-refractivity contribution in [3.8, 4) is 0 Å². The minimum atomic E-state index is -1.74. The van der Waals surface area contributed by atoms with Crippen LogP contribution < -0.4 is 53.6 Å². The number of guanidine groups is 1. The van der Waals surface area contributed by atoms with Crippen molar-refractivity contribution in [2.24, 2.45) is 5.73 Å². The number of aliphatic carboxylic acids is 1. The maximum absolute atomic E-state index is 14.2. The molecule has 0 spiro atoms. The van der Waals surface area contributed by atoms with E-state index in [9.17, 15) is 53.1 Å². The van der Waals surface area contributed by atoms with Crippen LogP contribution in [0.3, 0.4) is 0 Å². The Morgan fingerprint density at radius 1 is 0.719 bits per heavy atom. The number of nitrogens with two attached hydrogens (primary N) is 1. The highest BCUT2D eigenvalue weighted by Gasteiger charge is 2.34. The fraction of sp³-hybridized carbons (Fsp3) is 0.564. The Balaban J connectivity index is 2.12. The molecule has 2 aliphatic rings. The second-order valence-electron chi connectivity index (χ2n) is 14.9. The number of amides is 8. The summed E-state index contributed by atoms with van der Waals surface area (Å²) in [5.74, 6) is -9.63. The average Bonchev–Trinajstić information content (AvgIpc) is 3.24. The first-order valence-electron chi connectivity index (χ1n) is 20.5. The predicted molar refractivity (Wildman–Crippen MR) is 241 cm³/mol. The lowest BCUT2D eigenvalue weighted by atomic mass is 10.0. The third-order valence-corrected chi connectivity index (χ3v) is 13.1. The number of benzene rings is 1. The van der Waals surface area contributed by atoms with Crippen molar-refractivity contribution >= 4 is 98.3 Å². The molecule has 8 amide bonds. The largest absolute Gasteiger partial charge is 0.481 e. The van der Waals surface area contributed by atoms with Gasteiger partial charge in [0.25, 0.3) is 0 Å². The SMILES string of the molecule is CCCC[C@@H]1NC(=O)CSC[C@@H](C(C)=O)NC(=O)[C@H](Cc2ccccc2)NC(=O)[C@@H]2CSSC[C@H](NC1=O)C(=O)N[C@@H](CCCNC(=N)N)C(=O)NCC(=O)N[C@@H](CC(=O)O)C(=O)N2. The molecule has 7 atom stereocenters. The van der Waals surface area contributed by atoms with Crippen LogP contribution in [0.5, 0.6) is 0 Å². The first kappa shape index (κ1) is 52.8. The summed E-state index contributed by atoms with van der Waals surface area (Å²) in [5, 5.41) is 40.0. The molecule has 22 nitrogen and oxygen atoms in total. The van der Waals surface area contributed by atoms with Gasteiger partial charge >= 0.3 is 5.97 Å². The molecular weight excluding hydrogens is 895 g/mol. The third kappa shape index (κ3) is 19.0. The quantitative estimate of drug-likeness (QED) is 0.0442. The molecule has 0 radical (unpaired) electrons. The second-order valence-corrected chi connectivity index (χ2v) is 18.5. The standard InChI is InChI=1S/C39H57N11O11S3/c1-3-4-11-24-34(57)49-28-18-63-64-19-29(38(61)47-25(14-22-9-6-5-7-10-22)35(58)48-27(21(2)51)17-62-20-31(53)44-24)50-36(59)26(15-32(54)55)45-30(52)16-43-33(56)23(46-37(28)60)12-8-13-42-39(40)41/h5-7,9-10,23-29H,3-4,8,11-20H2,1-2H3,(H,43,56)(H,44,53)(H,45,52)(H,46,60)(H,47,61)(H,48,58)(H,49,57)(H,50,59)(H,54,55)(H4,40,41,42)/t23-,24-,25-,26-,27-,28-,29-/m0/s1. The fourth-order valence-electron chi connectivity index (χ4n) is 6.18. The van der Waals surface area contributed by atoms with Gasteiger partial charge in [0.05, 0.1) is 24.8 Å². The van der Waals surface area contributed by atoms with Gasteiger partial charge in [0.2, 0.25) is 47.3 Å². The van der Waals surface area contributed by atoms with Crippen LogP contribution >= 0.6 is 33.3 Å². The molecule has 3 rings (SSSR count). The van der Waals surface area contributed by atoms with Crippen LogP contribution in [0.2, 0.25) is 0 Å². The molecule has 25 heteroatoms. The Labute approximate surface area is 382 Å². The summed E-state index contributed by atoms with van der Waals surface area (Å²) in [6.45, 7) is 2.49. The van der Waals surface area contributed by atoms with E-state index in [0.29, 0.717) is 18.4 Å². The average molecular weight is 952 g/mol. The lowest BCUT2D eigenvalue weighted by Crippen LogP contribution is -2.59. The van der Waals surface area contributed by atoms with E-state index in [2.05, 4.69) is 47.9 Å². The highest BCUT2D eigenvalue weighted by molar-refractivity contribution is 8.76. The van der Waals surface area contributed by atoms with Gasteiger partial charge in [0, 0.05) is 30.2 Å². The number of nitrogens with one attached hydrogen (secondary N) is 10. The van der Waals surface area contributed by atoms with E-state index in [1.165, 1.54) is 6.92 Å². The number of hydrogen-bond donors (Lipinski definition) is 12. The van der Waals surface area contributed by atoms with Gasteiger partial charge in [-0.25, -0.2) is 0 Å². The monoisotopic (exact) mass is 951 g/mol. The molecule has 2 bridgehead atoms. The number of carboxylic acid groups (broad SMARTS) is 1. The van der Waals surface area contributed by atoms with E-state index in [-0.39, 0.29) is 61.2 Å². The van der Waals surface area contributed by atoms with Crippen molar-refractivity contribution in [2.45, 2.75) is 101 Å². The Hall–Kier alpha value is -5.56. The van der Waals surface area contributed by atoms with E-state index >= 15 is 0 Å². The molecule has 352 valence electrons. The molecule has 2 aliphatic heterocycles. The van der Waals surface area contributed by atoms with Gasteiger partial charge in [0.15, 0.2) is 11.7 Å². The van der Waals surface area contributed by atoms with Gasteiger partial charge in [-0.15, -0.1) is 11.8 Å². The Kier molecular flexibility index (Phi) is 22.8. The maximum Gasteiger partial charge on any atom is 0.305 e. The zero-order valence-electron chi connectivity index (χ0n) is 35.5. The van der Waals surface area contributed by atoms with Gasteiger partial charge in [-0.05, 0) is 31.7 Å². The number of carbonyl (C=O) groups excluding carboxylic acids is 9. The van der Waals surface area contributed by atoms with Gasteiger partial charge in [0.1, 0.15) is 36.3 Å². The number of thioether (sulfide) groups is 1. The third-order valence-electron chi connectivity index (χ3n) is 9.63. The normalized spacial score (nSPS) is 25.2. The molecule has 0 unspecified atom stereocenters. The molecule has 0 aromatic heterocycles. The van der Waals surface area contributed by atoms with Crippen LogP contribution in [0.1, 0.15) is 57.9 Å². The molecule has 0 aliphatic carbocycles. The number of Topliss-reactive ketones (excluding diaryl/α,β-unsaturated/α-hetero) is 1. The topological polar surface area (TPSA) is 349 Å². The first-order valence-corrected chi connectivity index (χ1v) is 24.2. The van der Waals surface area contributed by atoms with Crippen LogP contribution in [0.25, 0.3) is 0 Å². The molecule has 2 heterocycles. The summed E-state index contributed by atoms with van der Waals surface area (Å²) >= 11 is 1.01. The van der Waals surface area contributed by atoms with Crippen molar-refractivity contribution in [3.05, 3.63) is 35.9 Å². The molecule has 2 saturated heterocycles. The summed E-state index contributed by atoms with van der Waals surface area (Å²) in [4.78, 5) is 134.